The van der Waals surface area contributed by atoms with E-state index in [1.807, 2.05) is 60.7 Å². The van der Waals surface area contributed by atoms with Crippen LogP contribution >= 0.6 is 0 Å². The minimum atomic E-state index is -1.27. The van der Waals surface area contributed by atoms with E-state index < -0.39 is 12.2 Å². The molecule has 2 aromatic rings. The van der Waals surface area contributed by atoms with E-state index in [2.05, 4.69) is 0 Å². The number of carboxylic acid groups (broad SMARTS) is 1. The molecule has 0 heterocycles. The Morgan fingerprint density at radius 2 is 1.52 bits per heavy atom. The zero-order valence-electron chi connectivity index (χ0n) is 11.7. The number of carbonyl (C=O) groups is 1. The highest BCUT2D eigenvalue weighted by Crippen LogP contribution is 2.08. The Hall–Kier alpha value is -2.33. The number of nitrogens with zero attached hydrogens (tertiary/aromatic N) is 1. The third kappa shape index (κ3) is 4.93. The molecule has 0 aliphatic rings. The molecule has 0 radical (unpaired) electrons. The van der Waals surface area contributed by atoms with Crippen molar-refractivity contribution in [3.05, 3.63) is 71.8 Å². The van der Waals surface area contributed by atoms with Gasteiger partial charge in [-0.15, -0.1) is 0 Å². The molecule has 2 rings (SSSR count). The summed E-state index contributed by atoms with van der Waals surface area (Å²) < 4.78 is 0. The van der Waals surface area contributed by atoms with Gasteiger partial charge in [0.15, 0.2) is 0 Å². The van der Waals surface area contributed by atoms with Crippen LogP contribution in [-0.2, 0) is 13.0 Å². The molecular formula is C17H18NO3-. The largest absolute Gasteiger partial charge is 0.530 e. The summed E-state index contributed by atoms with van der Waals surface area (Å²) in [5, 5.41) is 21.3. The van der Waals surface area contributed by atoms with E-state index in [-0.39, 0.29) is 13.1 Å². The van der Waals surface area contributed by atoms with Gasteiger partial charge in [0.05, 0.1) is 6.10 Å². The molecule has 4 heteroatoms. The number of hydrogen-bond donors (Lipinski definition) is 1. The summed E-state index contributed by atoms with van der Waals surface area (Å²) in [7, 11) is 0. The third-order valence-electron chi connectivity index (χ3n) is 3.22. The molecule has 1 amide bonds. The second kappa shape index (κ2) is 7.45. The first-order valence-electron chi connectivity index (χ1n) is 6.87. The Labute approximate surface area is 124 Å². The van der Waals surface area contributed by atoms with Gasteiger partial charge in [-0.25, -0.2) is 0 Å². The summed E-state index contributed by atoms with van der Waals surface area (Å²) >= 11 is 0. The normalized spacial score (nSPS) is 11.9. The first-order valence-corrected chi connectivity index (χ1v) is 6.87. The number of carbonyl (C=O) groups excluding carboxylic acids is 1. The molecule has 0 saturated heterocycles. The summed E-state index contributed by atoms with van der Waals surface area (Å²) in [6.07, 6.45) is -1.61. The van der Waals surface area contributed by atoms with Gasteiger partial charge in [-0.05, 0) is 11.1 Å². The Balaban J connectivity index is 1.95. The van der Waals surface area contributed by atoms with Gasteiger partial charge in [0, 0.05) is 19.5 Å². The second-order valence-electron chi connectivity index (χ2n) is 4.98. The molecule has 2 aromatic carbocycles. The van der Waals surface area contributed by atoms with E-state index in [0.29, 0.717) is 6.42 Å². The molecule has 4 nitrogen and oxygen atoms in total. The van der Waals surface area contributed by atoms with Crippen molar-refractivity contribution in [2.75, 3.05) is 6.54 Å². The first-order chi connectivity index (χ1) is 10.1. The summed E-state index contributed by atoms with van der Waals surface area (Å²) in [5.41, 5.74) is 1.84. The maximum absolute atomic E-state index is 11.2. The lowest BCUT2D eigenvalue weighted by Gasteiger charge is -2.27. The number of aliphatic hydroxyl groups excluding tert-OH is 1. The fourth-order valence-corrected chi connectivity index (χ4v) is 2.21. The van der Waals surface area contributed by atoms with Crippen LogP contribution in [0.15, 0.2) is 60.7 Å². The van der Waals surface area contributed by atoms with Crippen molar-refractivity contribution in [1.29, 1.82) is 0 Å². The van der Waals surface area contributed by atoms with Crippen LogP contribution in [0, 0.1) is 0 Å². The van der Waals surface area contributed by atoms with Gasteiger partial charge in [0.2, 0.25) is 0 Å². The van der Waals surface area contributed by atoms with Crippen LogP contribution in [0.4, 0.5) is 4.79 Å². The van der Waals surface area contributed by atoms with Gasteiger partial charge in [0.25, 0.3) is 0 Å². The lowest BCUT2D eigenvalue weighted by Crippen LogP contribution is -2.44. The molecule has 0 fully saturated rings. The van der Waals surface area contributed by atoms with Gasteiger partial charge >= 0.3 is 0 Å². The maximum Gasteiger partial charge on any atom is 0.137 e. The molecule has 110 valence electrons. The van der Waals surface area contributed by atoms with Crippen LogP contribution in [0.2, 0.25) is 0 Å². The lowest BCUT2D eigenvalue weighted by molar-refractivity contribution is -0.267. The minimum Gasteiger partial charge on any atom is -0.530 e. The molecule has 1 unspecified atom stereocenters. The van der Waals surface area contributed by atoms with Gasteiger partial charge in [0.1, 0.15) is 6.09 Å². The van der Waals surface area contributed by atoms with Crippen molar-refractivity contribution in [2.24, 2.45) is 0 Å². The van der Waals surface area contributed by atoms with Crippen molar-refractivity contribution >= 4 is 6.09 Å². The quantitative estimate of drug-likeness (QED) is 0.873. The van der Waals surface area contributed by atoms with Crippen LogP contribution in [0.25, 0.3) is 0 Å². The highest BCUT2D eigenvalue weighted by molar-refractivity contribution is 5.62. The van der Waals surface area contributed by atoms with Crippen molar-refractivity contribution in [2.45, 2.75) is 19.1 Å². The Morgan fingerprint density at radius 3 is 2.05 bits per heavy atom. The fourth-order valence-electron chi connectivity index (χ4n) is 2.21. The van der Waals surface area contributed by atoms with Gasteiger partial charge in [-0.2, -0.15) is 0 Å². The number of aliphatic hydroxyl groups is 1. The monoisotopic (exact) mass is 284 g/mol. The summed E-state index contributed by atoms with van der Waals surface area (Å²) in [6, 6.07) is 18.8. The van der Waals surface area contributed by atoms with Crippen molar-refractivity contribution in [3.63, 3.8) is 0 Å². The SMILES string of the molecule is O=C([O-])N(Cc1ccccc1)CC(O)Cc1ccccc1. The first kappa shape index (κ1) is 15.1. The number of rotatable bonds is 6. The Morgan fingerprint density at radius 1 is 1.00 bits per heavy atom. The van der Waals surface area contributed by atoms with Crippen LogP contribution in [0.3, 0.4) is 0 Å². The smallest absolute Gasteiger partial charge is 0.137 e. The minimum absolute atomic E-state index is 0.0339. The zero-order chi connectivity index (χ0) is 15.1. The van der Waals surface area contributed by atoms with Crippen LogP contribution in [0.5, 0.6) is 0 Å². The lowest BCUT2D eigenvalue weighted by atomic mass is 10.1. The van der Waals surface area contributed by atoms with Gasteiger partial charge < -0.3 is 19.9 Å². The molecule has 0 saturated carbocycles. The summed E-state index contributed by atoms with van der Waals surface area (Å²) in [5.74, 6) is 0. The van der Waals surface area contributed by atoms with Crippen molar-refractivity contribution in [3.8, 4) is 0 Å². The van der Waals surface area contributed by atoms with Crippen LogP contribution in [0.1, 0.15) is 11.1 Å². The van der Waals surface area contributed by atoms with Crippen molar-refractivity contribution in [1.82, 2.24) is 4.90 Å². The van der Waals surface area contributed by atoms with E-state index in [1.54, 1.807) is 0 Å². The maximum atomic E-state index is 11.2. The van der Waals surface area contributed by atoms with E-state index in [1.165, 1.54) is 0 Å². The molecule has 1 N–H and O–H groups in total. The fraction of sp³-hybridized carbons (Fsp3) is 0.235. The van der Waals surface area contributed by atoms with E-state index in [0.717, 1.165) is 16.0 Å². The second-order valence-corrected chi connectivity index (χ2v) is 4.98. The predicted octanol–water partition coefficient (Wildman–Crippen LogP) is 1.44. The van der Waals surface area contributed by atoms with Crippen LogP contribution in [-0.4, -0.2) is 28.7 Å². The highest BCUT2D eigenvalue weighted by Gasteiger charge is 2.12. The van der Waals surface area contributed by atoms with Crippen LogP contribution < -0.4 is 5.11 Å². The molecule has 0 aliphatic carbocycles. The Kier molecular flexibility index (Phi) is 5.35. The molecule has 1 atom stereocenters. The topological polar surface area (TPSA) is 63.6 Å². The highest BCUT2D eigenvalue weighted by atomic mass is 16.4. The van der Waals surface area contributed by atoms with Crippen molar-refractivity contribution < 1.29 is 15.0 Å². The average molecular weight is 284 g/mol. The number of hydrogen-bond acceptors (Lipinski definition) is 3. The van der Waals surface area contributed by atoms with Gasteiger partial charge in [-0.1, -0.05) is 60.7 Å². The number of amides is 1. The summed E-state index contributed by atoms with van der Waals surface area (Å²) in [6.45, 7) is 0.251. The number of benzene rings is 2. The molecular weight excluding hydrogens is 266 g/mol. The molecule has 0 spiro atoms. The zero-order valence-corrected chi connectivity index (χ0v) is 11.7. The molecule has 0 bridgehead atoms. The van der Waals surface area contributed by atoms with Gasteiger partial charge in [-0.3, -0.25) is 0 Å². The van der Waals surface area contributed by atoms with E-state index in [4.69, 9.17) is 0 Å². The molecule has 0 aliphatic heterocycles. The Bertz CT molecular complexity index is 557. The molecule has 0 aromatic heterocycles. The van der Waals surface area contributed by atoms with E-state index in [9.17, 15) is 15.0 Å². The summed E-state index contributed by atoms with van der Waals surface area (Å²) in [4.78, 5) is 12.3. The third-order valence-corrected chi connectivity index (χ3v) is 3.22. The predicted molar refractivity (Wildman–Crippen MR) is 78.4 cm³/mol. The standard InChI is InChI=1S/C17H19NO3/c19-16(11-14-7-3-1-4-8-14)13-18(17(20)21)12-15-9-5-2-6-10-15/h1-10,16,19H,11-13H2,(H,20,21)/p-1. The van der Waals surface area contributed by atoms with E-state index >= 15 is 0 Å². The average Bonchev–Trinajstić information content (AvgIpc) is 2.48. The molecule has 21 heavy (non-hydrogen) atoms.